The number of fused-ring (bicyclic) bond motifs is 1. The van der Waals surface area contributed by atoms with Gasteiger partial charge in [0.2, 0.25) is 6.10 Å². The molecule has 0 radical (unpaired) electrons. The topological polar surface area (TPSA) is 66.0 Å². The molecule has 138 valence electrons. The van der Waals surface area contributed by atoms with E-state index in [1.165, 1.54) is 0 Å². The standard InChI is InChI=1S/C20H23NO5/c1-4-14(13-9-10-15(23-2)18(11-13)24-3)21-20(22)19-12-25-16-7-5-6-8-17(16)26-19/h5-11,14,19H,4,12H2,1-3H3,(H,21,22)/t14-,19+/m0/s1. The van der Waals surface area contributed by atoms with Gasteiger partial charge < -0.3 is 24.3 Å². The van der Waals surface area contributed by atoms with Crippen LogP contribution in [0.2, 0.25) is 0 Å². The van der Waals surface area contributed by atoms with Gasteiger partial charge in [0.15, 0.2) is 23.0 Å². The molecule has 0 bridgehead atoms. The molecule has 1 heterocycles. The normalized spacial score (nSPS) is 16.5. The number of rotatable bonds is 6. The Kier molecular flexibility index (Phi) is 5.51. The van der Waals surface area contributed by atoms with Crippen molar-refractivity contribution in [2.75, 3.05) is 20.8 Å². The monoisotopic (exact) mass is 357 g/mol. The fraction of sp³-hybridized carbons (Fsp3) is 0.350. The van der Waals surface area contributed by atoms with E-state index >= 15 is 0 Å². The molecule has 0 unspecified atom stereocenters. The van der Waals surface area contributed by atoms with Gasteiger partial charge in [-0.15, -0.1) is 0 Å². The lowest BCUT2D eigenvalue weighted by atomic mass is 10.0. The summed E-state index contributed by atoms with van der Waals surface area (Å²) in [5.41, 5.74) is 0.940. The minimum absolute atomic E-state index is 0.164. The van der Waals surface area contributed by atoms with Crippen LogP contribution in [0.5, 0.6) is 23.0 Å². The number of hydrogen-bond donors (Lipinski definition) is 1. The summed E-state index contributed by atoms with van der Waals surface area (Å²) < 4.78 is 22.0. The maximum Gasteiger partial charge on any atom is 0.265 e. The van der Waals surface area contributed by atoms with E-state index in [4.69, 9.17) is 18.9 Å². The zero-order chi connectivity index (χ0) is 18.5. The maximum absolute atomic E-state index is 12.7. The number of amides is 1. The summed E-state index contributed by atoms with van der Waals surface area (Å²) in [6, 6.07) is 12.8. The number of ether oxygens (including phenoxy) is 4. The second kappa shape index (κ2) is 7.99. The van der Waals surface area contributed by atoms with Crippen molar-refractivity contribution in [3.63, 3.8) is 0 Å². The van der Waals surface area contributed by atoms with E-state index < -0.39 is 6.10 Å². The molecule has 0 aromatic heterocycles. The SMILES string of the molecule is CC[C@H](NC(=O)[C@H]1COc2ccccc2O1)c1ccc(OC)c(OC)c1. The third-order valence-corrected chi connectivity index (χ3v) is 4.34. The molecule has 6 heteroatoms. The van der Waals surface area contributed by atoms with Gasteiger partial charge in [-0.05, 0) is 36.2 Å². The number of benzene rings is 2. The molecule has 0 spiro atoms. The molecule has 2 aromatic rings. The van der Waals surface area contributed by atoms with Crippen molar-refractivity contribution in [3.05, 3.63) is 48.0 Å². The molecule has 2 aromatic carbocycles. The van der Waals surface area contributed by atoms with Crippen molar-refractivity contribution in [1.29, 1.82) is 0 Å². The Balaban J connectivity index is 1.71. The lowest BCUT2D eigenvalue weighted by Crippen LogP contribution is -2.45. The van der Waals surface area contributed by atoms with Crippen LogP contribution in [0.25, 0.3) is 0 Å². The summed E-state index contributed by atoms with van der Waals surface area (Å²) >= 11 is 0. The third kappa shape index (κ3) is 3.69. The molecule has 1 aliphatic rings. The quantitative estimate of drug-likeness (QED) is 0.860. The van der Waals surface area contributed by atoms with Gasteiger partial charge in [0.05, 0.1) is 20.3 Å². The summed E-state index contributed by atoms with van der Waals surface area (Å²) in [5, 5.41) is 3.03. The predicted molar refractivity (Wildman–Crippen MR) is 97.1 cm³/mol. The molecule has 0 saturated carbocycles. The van der Waals surface area contributed by atoms with Crippen LogP contribution in [0.1, 0.15) is 24.9 Å². The second-order valence-electron chi connectivity index (χ2n) is 5.95. The highest BCUT2D eigenvalue weighted by atomic mass is 16.6. The molecular formula is C20H23NO5. The van der Waals surface area contributed by atoms with Crippen molar-refractivity contribution >= 4 is 5.91 Å². The zero-order valence-electron chi connectivity index (χ0n) is 15.2. The molecule has 1 aliphatic heterocycles. The smallest absolute Gasteiger partial charge is 0.265 e. The van der Waals surface area contributed by atoms with Crippen molar-refractivity contribution in [1.82, 2.24) is 5.32 Å². The van der Waals surface area contributed by atoms with E-state index in [0.717, 1.165) is 12.0 Å². The van der Waals surface area contributed by atoms with Crippen LogP contribution in [-0.2, 0) is 4.79 Å². The van der Waals surface area contributed by atoms with Crippen LogP contribution in [0, 0.1) is 0 Å². The fourth-order valence-electron chi connectivity index (χ4n) is 2.90. The Labute approximate surface area is 153 Å². The highest BCUT2D eigenvalue weighted by Gasteiger charge is 2.29. The molecule has 0 fully saturated rings. The molecule has 0 aliphatic carbocycles. The summed E-state index contributed by atoms with van der Waals surface area (Å²) in [7, 11) is 3.18. The van der Waals surface area contributed by atoms with E-state index in [1.54, 1.807) is 20.3 Å². The van der Waals surface area contributed by atoms with Gasteiger partial charge in [0.25, 0.3) is 5.91 Å². The first kappa shape index (κ1) is 17.9. The Morgan fingerprint density at radius 1 is 1.15 bits per heavy atom. The van der Waals surface area contributed by atoms with Crippen molar-refractivity contribution in [3.8, 4) is 23.0 Å². The van der Waals surface area contributed by atoms with E-state index in [0.29, 0.717) is 23.0 Å². The number of nitrogens with one attached hydrogen (secondary N) is 1. The van der Waals surface area contributed by atoms with E-state index in [9.17, 15) is 4.79 Å². The van der Waals surface area contributed by atoms with Crippen LogP contribution in [0.3, 0.4) is 0 Å². The molecule has 1 N–H and O–H groups in total. The number of methoxy groups -OCH3 is 2. The minimum Gasteiger partial charge on any atom is -0.493 e. The van der Waals surface area contributed by atoms with Gasteiger partial charge in [-0.3, -0.25) is 4.79 Å². The maximum atomic E-state index is 12.7. The van der Waals surface area contributed by atoms with Gasteiger partial charge in [-0.25, -0.2) is 0 Å². The zero-order valence-corrected chi connectivity index (χ0v) is 15.2. The number of carbonyl (C=O) groups excluding carboxylic acids is 1. The first-order valence-corrected chi connectivity index (χ1v) is 8.57. The third-order valence-electron chi connectivity index (χ3n) is 4.34. The lowest BCUT2D eigenvalue weighted by Gasteiger charge is -2.27. The van der Waals surface area contributed by atoms with Crippen molar-refractivity contribution < 1.29 is 23.7 Å². The molecule has 6 nitrogen and oxygen atoms in total. The number of para-hydroxylation sites is 2. The summed E-state index contributed by atoms with van der Waals surface area (Å²) in [6.45, 7) is 2.19. The van der Waals surface area contributed by atoms with Crippen LogP contribution in [0.4, 0.5) is 0 Å². The Hall–Kier alpha value is -2.89. The highest BCUT2D eigenvalue weighted by molar-refractivity contribution is 5.82. The Morgan fingerprint density at radius 3 is 2.58 bits per heavy atom. The summed E-state index contributed by atoms with van der Waals surface area (Å²) in [6.07, 6.45) is 0.0462. The van der Waals surface area contributed by atoms with Crippen molar-refractivity contribution in [2.45, 2.75) is 25.5 Å². The fourth-order valence-corrected chi connectivity index (χ4v) is 2.90. The van der Waals surface area contributed by atoms with Gasteiger partial charge in [0.1, 0.15) is 6.61 Å². The van der Waals surface area contributed by atoms with Gasteiger partial charge in [-0.1, -0.05) is 25.1 Å². The molecule has 3 rings (SSSR count). The van der Waals surface area contributed by atoms with Crippen molar-refractivity contribution in [2.24, 2.45) is 0 Å². The molecule has 0 saturated heterocycles. The predicted octanol–water partition coefficient (Wildman–Crippen LogP) is 3.11. The minimum atomic E-state index is -0.681. The van der Waals surface area contributed by atoms with Crippen LogP contribution in [0.15, 0.2) is 42.5 Å². The number of hydrogen-bond acceptors (Lipinski definition) is 5. The number of carbonyl (C=O) groups is 1. The van der Waals surface area contributed by atoms with Crippen LogP contribution < -0.4 is 24.3 Å². The van der Waals surface area contributed by atoms with E-state index in [1.807, 2.05) is 43.3 Å². The van der Waals surface area contributed by atoms with Crippen LogP contribution in [-0.4, -0.2) is 32.8 Å². The molecular weight excluding hydrogens is 334 g/mol. The Bertz CT molecular complexity index is 777. The highest BCUT2D eigenvalue weighted by Crippen LogP contribution is 2.32. The summed E-state index contributed by atoms with van der Waals surface area (Å²) in [4.78, 5) is 12.7. The summed E-state index contributed by atoms with van der Waals surface area (Å²) in [5.74, 6) is 2.31. The van der Waals surface area contributed by atoms with Gasteiger partial charge in [-0.2, -0.15) is 0 Å². The van der Waals surface area contributed by atoms with Crippen LogP contribution >= 0.6 is 0 Å². The molecule has 2 atom stereocenters. The lowest BCUT2D eigenvalue weighted by molar-refractivity contribution is -0.131. The van der Waals surface area contributed by atoms with E-state index in [2.05, 4.69) is 5.32 Å². The largest absolute Gasteiger partial charge is 0.493 e. The average Bonchev–Trinajstić information content (AvgIpc) is 2.70. The van der Waals surface area contributed by atoms with Gasteiger partial charge >= 0.3 is 0 Å². The Morgan fingerprint density at radius 2 is 1.88 bits per heavy atom. The molecule has 26 heavy (non-hydrogen) atoms. The second-order valence-corrected chi connectivity index (χ2v) is 5.95. The first-order chi connectivity index (χ1) is 12.7. The molecule has 1 amide bonds. The van der Waals surface area contributed by atoms with Gasteiger partial charge in [0, 0.05) is 0 Å². The first-order valence-electron chi connectivity index (χ1n) is 8.57. The average molecular weight is 357 g/mol. The van der Waals surface area contributed by atoms with E-state index in [-0.39, 0.29) is 18.6 Å².